The molecular weight excluding hydrogens is 372 g/mol. The largest absolute Gasteiger partial charge is 0.544 e. The number of carbonyl (C=O) groups excluding carboxylic acids is 1. The van der Waals surface area contributed by atoms with Crippen LogP contribution in [0.25, 0.3) is 0 Å². The van der Waals surface area contributed by atoms with E-state index in [-0.39, 0.29) is 12.7 Å². The van der Waals surface area contributed by atoms with Crippen molar-refractivity contribution in [3.63, 3.8) is 0 Å². The zero-order valence-electron chi connectivity index (χ0n) is 19.6. The predicted octanol–water partition coefficient (Wildman–Crippen LogP) is 6.09. The minimum atomic E-state index is -1.00. The van der Waals surface area contributed by atoms with Gasteiger partial charge in [-0.15, -0.1) is 11.6 Å². The van der Waals surface area contributed by atoms with Gasteiger partial charge in [0.15, 0.2) is 0 Å². The molecule has 0 unspecified atom stereocenters. The molecule has 172 valence electrons. The Morgan fingerprint density at radius 3 is 1.14 bits per heavy atom. The number of nitrogens with zero attached hydrogens (tertiary/aromatic N) is 1. The van der Waals surface area contributed by atoms with Crippen molar-refractivity contribution in [1.29, 1.82) is 0 Å². The molecule has 0 fully saturated rings. The van der Waals surface area contributed by atoms with Gasteiger partial charge in [-0.1, -0.05) is 103 Å². The van der Waals surface area contributed by atoms with Crippen molar-refractivity contribution in [1.82, 2.24) is 6.15 Å². The number of unbranched alkanes of at least 4 members (excludes halogenated alkanes) is 15. The first-order chi connectivity index (χ1) is 12.8. The number of alkyl halides is 1. The molecule has 0 aliphatic carbocycles. The second-order valence-corrected chi connectivity index (χ2v) is 9.19. The lowest BCUT2D eigenvalue weighted by Crippen LogP contribution is -2.45. The van der Waals surface area contributed by atoms with E-state index in [0.717, 1.165) is 5.88 Å². The number of halogens is 1. The third-order valence-corrected chi connectivity index (χ3v) is 4.86. The van der Waals surface area contributed by atoms with Crippen LogP contribution in [0.3, 0.4) is 0 Å². The number of hydrogen-bond donors (Lipinski definition) is 1. The number of carboxylic acids is 1. The van der Waals surface area contributed by atoms with E-state index < -0.39 is 5.97 Å². The summed E-state index contributed by atoms with van der Waals surface area (Å²) in [5, 5.41) is 9.89. The zero-order chi connectivity index (χ0) is 20.8. The molecule has 0 bridgehead atoms. The Kier molecular flexibility index (Phi) is 28.6. The Hall–Kier alpha value is -0.320. The average Bonchev–Trinajstić information content (AvgIpc) is 2.57. The second-order valence-electron chi connectivity index (χ2n) is 8.81. The number of carboxylic acid groups (broad SMARTS) is 1. The van der Waals surface area contributed by atoms with Crippen LogP contribution in [0, 0.1) is 0 Å². The van der Waals surface area contributed by atoms with Gasteiger partial charge >= 0.3 is 0 Å². The van der Waals surface area contributed by atoms with Crippen molar-refractivity contribution in [2.24, 2.45) is 0 Å². The minimum Gasteiger partial charge on any atom is -0.544 e. The van der Waals surface area contributed by atoms with Gasteiger partial charge in [-0.2, -0.15) is 0 Å². The summed E-state index contributed by atoms with van der Waals surface area (Å²) in [5.41, 5.74) is 0. The van der Waals surface area contributed by atoms with Crippen LogP contribution in [0.1, 0.15) is 110 Å². The zero-order valence-corrected chi connectivity index (χ0v) is 20.3. The summed E-state index contributed by atoms with van der Waals surface area (Å²) in [6, 6.07) is 0. The Labute approximate surface area is 181 Å². The summed E-state index contributed by atoms with van der Waals surface area (Å²) in [6.45, 7) is 2.36. The highest BCUT2D eigenvalue weighted by Crippen LogP contribution is 2.13. The number of quaternary nitrogens is 1. The molecule has 0 aliphatic rings. The summed E-state index contributed by atoms with van der Waals surface area (Å²) in [5.74, 6) is -0.157. The lowest BCUT2D eigenvalue weighted by atomic mass is 10.0. The first-order valence-electron chi connectivity index (χ1n) is 11.4. The molecule has 0 aromatic carbocycles. The second kappa shape index (κ2) is 24.7. The Morgan fingerprint density at radius 2 is 0.964 bits per heavy atom. The maximum Gasteiger partial charge on any atom is 0.118 e. The molecule has 0 heterocycles. The fraction of sp³-hybridized carbons (Fsp3) is 0.957. The summed E-state index contributed by atoms with van der Waals surface area (Å²) in [7, 11) is 5.40. The standard InChI is InChI=1S/C18H37Cl.C5H11NO2.H3N/c1-2-3-4-5-6-7-8-9-10-11-12-13-14-15-16-17-18-19;1-6(2,3)4-5(7)8;/h2-18H2,1H3;4H2,1-3H3;1H3. The van der Waals surface area contributed by atoms with Crippen LogP contribution in [0.2, 0.25) is 0 Å². The highest BCUT2D eigenvalue weighted by atomic mass is 35.5. The topological polar surface area (TPSA) is 75.1 Å². The van der Waals surface area contributed by atoms with E-state index in [4.69, 9.17) is 11.6 Å². The van der Waals surface area contributed by atoms with Crippen LogP contribution >= 0.6 is 11.6 Å². The third kappa shape index (κ3) is 36.6. The van der Waals surface area contributed by atoms with E-state index >= 15 is 0 Å². The molecular formula is C23H51ClN2O2. The van der Waals surface area contributed by atoms with Gasteiger partial charge in [0.25, 0.3) is 0 Å². The molecule has 0 spiro atoms. The minimum absolute atomic E-state index is 0. The summed E-state index contributed by atoms with van der Waals surface area (Å²) in [4.78, 5) is 9.89. The number of likely N-dealkylation sites (N-methyl/N-ethyl adjacent to an activating group) is 1. The smallest absolute Gasteiger partial charge is 0.118 e. The van der Waals surface area contributed by atoms with Crippen LogP contribution in [0.5, 0.6) is 0 Å². The van der Waals surface area contributed by atoms with Crippen LogP contribution in [-0.4, -0.2) is 44.0 Å². The molecule has 28 heavy (non-hydrogen) atoms. The lowest BCUT2D eigenvalue weighted by molar-refractivity contribution is -0.864. The van der Waals surface area contributed by atoms with Crippen molar-refractivity contribution in [2.45, 2.75) is 110 Å². The lowest BCUT2D eigenvalue weighted by Gasteiger charge is -2.23. The van der Waals surface area contributed by atoms with E-state index in [1.807, 2.05) is 0 Å². The maximum absolute atomic E-state index is 9.89. The first kappa shape index (κ1) is 32.3. The summed E-state index contributed by atoms with van der Waals surface area (Å²) >= 11 is 5.66. The molecule has 0 aromatic heterocycles. The summed E-state index contributed by atoms with van der Waals surface area (Å²) in [6.07, 6.45) is 22.8. The van der Waals surface area contributed by atoms with Crippen molar-refractivity contribution in [2.75, 3.05) is 33.6 Å². The monoisotopic (exact) mass is 422 g/mol. The van der Waals surface area contributed by atoms with E-state index in [1.54, 1.807) is 21.1 Å². The molecule has 0 atom stereocenters. The molecule has 0 aliphatic heterocycles. The fourth-order valence-electron chi connectivity index (χ4n) is 3.03. The van der Waals surface area contributed by atoms with Crippen LogP contribution in [0.15, 0.2) is 0 Å². The molecule has 5 heteroatoms. The van der Waals surface area contributed by atoms with E-state index in [1.165, 1.54) is 103 Å². The van der Waals surface area contributed by atoms with E-state index in [2.05, 4.69) is 6.92 Å². The van der Waals surface area contributed by atoms with Crippen molar-refractivity contribution in [3.8, 4) is 0 Å². The Morgan fingerprint density at radius 1 is 0.679 bits per heavy atom. The molecule has 3 N–H and O–H groups in total. The molecule has 0 saturated carbocycles. The van der Waals surface area contributed by atoms with Gasteiger partial charge in [0.2, 0.25) is 0 Å². The van der Waals surface area contributed by atoms with Gasteiger partial charge in [-0.05, 0) is 6.42 Å². The highest BCUT2D eigenvalue weighted by Gasteiger charge is 2.04. The molecule has 4 nitrogen and oxygen atoms in total. The van der Waals surface area contributed by atoms with Crippen molar-refractivity contribution >= 4 is 17.6 Å². The van der Waals surface area contributed by atoms with Gasteiger partial charge < -0.3 is 20.5 Å². The van der Waals surface area contributed by atoms with Crippen molar-refractivity contribution < 1.29 is 14.4 Å². The maximum atomic E-state index is 9.89. The van der Waals surface area contributed by atoms with Gasteiger partial charge in [0, 0.05) is 5.88 Å². The van der Waals surface area contributed by atoms with Gasteiger partial charge in [0.05, 0.1) is 27.1 Å². The number of rotatable bonds is 18. The molecule has 0 amide bonds. The van der Waals surface area contributed by atoms with E-state index in [0.29, 0.717) is 4.48 Å². The normalized spacial score (nSPS) is 10.8. The van der Waals surface area contributed by atoms with Gasteiger partial charge in [-0.25, -0.2) is 0 Å². The number of aliphatic carboxylic acids is 1. The number of carbonyl (C=O) groups is 1. The average molecular weight is 423 g/mol. The van der Waals surface area contributed by atoms with Gasteiger partial charge in [-0.3, -0.25) is 0 Å². The predicted molar refractivity (Wildman–Crippen MR) is 123 cm³/mol. The van der Waals surface area contributed by atoms with Crippen LogP contribution < -0.4 is 11.3 Å². The fourth-order valence-corrected chi connectivity index (χ4v) is 3.22. The summed E-state index contributed by atoms with van der Waals surface area (Å²) < 4.78 is 0.419. The van der Waals surface area contributed by atoms with Crippen LogP contribution in [-0.2, 0) is 4.79 Å². The molecule has 0 radical (unpaired) electrons. The Bertz CT molecular complexity index is 291. The first-order valence-corrected chi connectivity index (χ1v) is 11.9. The van der Waals surface area contributed by atoms with Crippen LogP contribution in [0.4, 0.5) is 0 Å². The highest BCUT2D eigenvalue weighted by molar-refractivity contribution is 6.17. The molecule has 0 aromatic rings. The Balaban J connectivity index is -0.000000587. The number of hydrogen-bond acceptors (Lipinski definition) is 3. The molecule has 0 rings (SSSR count). The molecule has 0 saturated heterocycles. The van der Waals surface area contributed by atoms with Gasteiger partial charge in [0.1, 0.15) is 6.54 Å². The SMILES string of the molecule is CCCCCCCCCCCCCCCCCCCl.C[N+](C)(C)CC(=O)[O-].N. The third-order valence-electron chi connectivity index (χ3n) is 4.59. The quantitative estimate of drug-likeness (QED) is 0.165. The van der Waals surface area contributed by atoms with E-state index in [9.17, 15) is 9.90 Å². The van der Waals surface area contributed by atoms with Crippen molar-refractivity contribution in [3.05, 3.63) is 0 Å².